The summed E-state index contributed by atoms with van der Waals surface area (Å²) in [6.45, 7) is 1.43. The molecule has 2 aliphatic rings. The Morgan fingerprint density at radius 2 is 2.00 bits per heavy atom. The Kier molecular flexibility index (Phi) is 4.60. The van der Waals surface area contributed by atoms with Gasteiger partial charge in [0.2, 0.25) is 5.91 Å². The van der Waals surface area contributed by atoms with Crippen LogP contribution < -0.4 is 5.73 Å². The molecule has 0 saturated heterocycles. The molecule has 118 valence electrons. The fourth-order valence-electron chi connectivity index (χ4n) is 3.44. The molecule has 4 nitrogen and oxygen atoms in total. The molecular formula is C18H24N2O2. The van der Waals surface area contributed by atoms with Crippen LogP contribution in [0, 0.1) is 5.92 Å². The number of nitrogens with zero attached hydrogens (tertiary/aromatic N) is 1. The molecular weight excluding hydrogens is 276 g/mol. The molecule has 0 spiro atoms. The van der Waals surface area contributed by atoms with Gasteiger partial charge < -0.3 is 15.7 Å². The minimum Gasteiger partial charge on any atom is -0.391 e. The number of aliphatic hydroxyl groups excluding tert-OH is 1. The van der Waals surface area contributed by atoms with E-state index in [1.54, 1.807) is 0 Å². The van der Waals surface area contributed by atoms with Gasteiger partial charge in [0.1, 0.15) is 0 Å². The molecule has 1 aliphatic heterocycles. The van der Waals surface area contributed by atoms with Gasteiger partial charge in [-0.15, -0.1) is 0 Å². The lowest BCUT2D eigenvalue weighted by Crippen LogP contribution is -2.46. The Morgan fingerprint density at radius 3 is 2.64 bits per heavy atom. The molecule has 1 saturated carbocycles. The van der Waals surface area contributed by atoms with E-state index in [4.69, 9.17) is 5.73 Å². The van der Waals surface area contributed by atoms with Crippen LogP contribution in [0.3, 0.4) is 0 Å². The van der Waals surface area contributed by atoms with E-state index in [9.17, 15) is 9.90 Å². The molecule has 1 aliphatic carbocycles. The second-order valence-electron chi connectivity index (χ2n) is 6.37. The van der Waals surface area contributed by atoms with E-state index in [2.05, 4.69) is 18.2 Å². The number of rotatable bonds is 2. The third-order valence-electron chi connectivity index (χ3n) is 4.88. The molecule has 22 heavy (non-hydrogen) atoms. The average Bonchev–Trinajstić information content (AvgIpc) is 2.58. The van der Waals surface area contributed by atoms with Gasteiger partial charge in [-0.1, -0.05) is 36.4 Å². The van der Waals surface area contributed by atoms with E-state index in [1.165, 1.54) is 11.1 Å². The smallest absolute Gasteiger partial charge is 0.226 e. The zero-order chi connectivity index (χ0) is 15.5. The fourth-order valence-corrected chi connectivity index (χ4v) is 3.44. The highest BCUT2D eigenvalue weighted by Gasteiger charge is 2.33. The molecule has 1 fully saturated rings. The van der Waals surface area contributed by atoms with Crippen molar-refractivity contribution in [3.05, 3.63) is 42.0 Å². The predicted octanol–water partition coefficient (Wildman–Crippen LogP) is 1.79. The number of benzene rings is 1. The summed E-state index contributed by atoms with van der Waals surface area (Å²) in [5, 5.41) is 9.88. The fraction of sp³-hybridized carbons (Fsp3) is 0.500. The van der Waals surface area contributed by atoms with E-state index >= 15 is 0 Å². The lowest BCUT2D eigenvalue weighted by Gasteiger charge is -2.35. The Balaban J connectivity index is 1.61. The van der Waals surface area contributed by atoms with E-state index < -0.39 is 6.10 Å². The van der Waals surface area contributed by atoms with Crippen LogP contribution in [0.5, 0.6) is 0 Å². The van der Waals surface area contributed by atoms with Crippen LogP contribution in [0.2, 0.25) is 0 Å². The second kappa shape index (κ2) is 6.63. The zero-order valence-electron chi connectivity index (χ0n) is 12.8. The van der Waals surface area contributed by atoms with Crippen LogP contribution in [0.1, 0.15) is 31.2 Å². The molecule has 0 radical (unpaired) electrons. The Labute approximate surface area is 131 Å². The van der Waals surface area contributed by atoms with Crippen molar-refractivity contribution in [1.82, 2.24) is 4.90 Å². The maximum Gasteiger partial charge on any atom is 0.226 e. The topological polar surface area (TPSA) is 66.6 Å². The van der Waals surface area contributed by atoms with Gasteiger partial charge in [0.05, 0.1) is 6.10 Å². The van der Waals surface area contributed by atoms with Gasteiger partial charge in [0, 0.05) is 25.0 Å². The van der Waals surface area contributed by atoms with E-state index in [0.29, 0.717) is 13.0 Å². The number of amides is 1. The summed E-state index contributed by atoms with van der Waals surface area (Å²) in [6.07, 6.45) is 4.54. The van der Waals surface area contributed by atoms with Gasteiger partial charge in [-0.3, -0.25) is 4.79 Å². The molecule has 0 bridgehead atoms. The Bertz CT molecular complexity index is 555. The van der Waals surface area contributed by atoms with Crippen molar-refractivity contribution in [1.29, 1.82) is 0 Å². The SMILES string of the molecule is N[C@H]1CC[C@H](C(=O)N2CC=C(c3ccccc3)CC2)C[C@@H]1O. The number of hydrogen-bond donors (Lipinski definition) is 2. The number of hydrogen-bond acceptors (Lipinski definition) is 3. The van der Waals surface area contributed by atoms with Crippen LogP contribution in [0.25, 0.3) is 5.57 Å². The van der Waals surface area contributed by atoms with Crippen LogP contribution in [0.15, 0.2) is 36.4 Å². The molecule has 1 heterocycles. The highest BCUT2D eigenvalue weighted by molar-refractivity contribution is 5.80. The summed E-state index contributed by atoms with van der Waals surface area (Å²) in [5.74, 6) is 0.107. The minimum absolute atomic E-state index is 0.0681. The number of carbonyl (C=O) groups excluding carboxylic acids is 1. The number of carbonyl (C=O) groups is 1. The monoisotopic (exact) mass is 300 g/mol. The molecule has 0 unspecified atom stereocenters. The lowest BCUT2D eigenvalue weighted by atomic mass is 9.83. The van der Waals surface area contributed by atoms with E-state index in [0.717, 1.165) is 25.8 Å². The third-order valence-corrected chi connectivity index (χ3v) is 4.88. The summed E-state index contributed by atoms with van der Waals surface area (Å²) in [7, 11) is 0. The summed E-state index contributed by atoms with van der Waals surface area (Å²) in [4.78, 5) is 14.5. The predicted molar refractivity (Wildman–Crippen MR) is 86.9 cm³/mol. The number of aliphatic hydroxyl groups is 1. The van der Waals surface area contributed by atoms with Gasteiger partial charge in [-0.05, 0) is 36.8 Å². The van der Waals surface area contributed by atoms with Gasteiger partial charge >= 0.3 is 0 Å². The maximum atomic E-state index is 12.6. The normalized spacial score (nSPS) is 29.1. The van der Waals surface area contributed by atoms with Crippen molar-refractivity contribution >= 4 is 11.5 Å². The summed E-state index contributed by atoms with van der Waals surface area (Å²) in [5.41, 5.74) is 8.38. The quantitative estimate of drug-likeness (QED) is 0.875. The molecule has 1 aromatic rings. The highest BCUT2D eigenvalue weighted by Crippen LogP contribution is 2.28. The largest absolute Gasteiger partial charge is 0.391 e. The Morgan fingerprint density at radius 1 is 1.23 bits per heavy atom. The van der Waals surface area contributed by atoms with Gasteiger partial charge in [-0.2, -0.15) is 0 Å². The van der Waals surface area contributed by atoms with E-state index in [-0.39, 0.29) is 17.9 Å². The Hall–Kier alpha value is -1.65. The van der Waals surface area contributed by atoms with Gasteiger partial charge in [0.15, 0.2) is 0 Å². The first-order valence-electron chi connectivity index (χ1n) is 8.12. The van der Waals surface area contributed by atoms with Gasteiger partial charge in [0.25, 0.3) is 0 Å². The van der Waals surface area contributed by atoms with Gasteiger partial charge in [-0.25, -0.2) is 0 Å². The lowest BCUT2D eigenvalue weighted by molar-refractivity contribution is -0.137. The third kappa shape index (κ3) is 3.23. The van der Waals surface area contributed by atoms with Crippen LogP contribution in [0.4, 0.5) is 0 Å². The molecule has 0 aromatic heterocycles. The maximum absolute atomic E-state index is 12.6. The first-order valence-corrected chi connectivity index (χ1v) is 8.12. The zero-order valence-corrected chi connectivity index (χ0v) is 12.8. The van der Waals surface area contributed by atoms with Crippen LogP contribution in [-0.2, 0) is 4.79 Å². The van der Waals surface area contributed by atoms with Crippen molar-refractivity contribution in [2.75, 3.05) is 13.1 Å². The molecule has 3 atom stereocenters. The molecule has 3 rings (SSSR count). The number of nitrogens with two attached hydrogens (primary N) is 1. The minimum atomic E-state index is -0.539. The summed E-state index contributed by atoms with van der Waals surface area (Å²) >= 11 is 0. The van der Waals surface area contributed by atoms with Crippen molar-refractivity contribution in [3.63, 3.8) is 0 Å². The standard InChI is InChI=1S/C18H24N2O2/c19-16-7-6-15(12-17(16)21)18(22)20-10-8-14(9-11-20)13-4-2-1-3-5-13/h1-5,8,15-17,21H,6-7,9-12,19H2/t15-,16-,17-/m0/s1. The van der Waals surface area contributed by atoms with Crippen molar-refractivity contribution in [2.24, 2.45) is 11.7 Å². The second-order valence-corrected chi connectivity index (χ2v) is 6.37. The van der Waals surface area contributed by atoms with Crippen LogP contribution in [-0.4, -0.2) is 41.1 Å². The first-order chi connectivity index (χ1) is 10.6. The molecule has 4 heteroatoms. The van der Waals surface area contributed by atoms with Crippen molar-refractivity contribution < 1.29 is 9.90 Å². The van der Waals surface area contributed by atoms with E-state index in [1.807, 2.05) is 23.1 Å². The van der Waals surface area contributed by atoms with Crippen molar-refractivity contribution in [3.8, 4) is 0 Å². The molecule has 3 N–H and O–H groups in total. The molecule has 1 amide bonds. The molecule has 1 aromatic carbocycles. The average molecular weight is 300 g/mol. The first kappa shape index (κ1) is 15.3. The summed E-state index contributed by atoms with van der Waals surface area (Å²) < 4.78 is 0. The summed E-state index contributed by atoms with van der Waals surface area (Å²) in [6, 6.07) is 10.2. The van der Waals surface area contributed by atoms with Crippen LogP contribution >= 0.6 is 0 Å². The highest BCUT2D eigenvalue weighted by atomic mass is 16.3. The van der Waals surface area contributed by atoms with Crippen molar-refractivity contribution in [2.45, 2.75) is 37.8 Å².